The van der Waals surface area contributed by atoms with E-state index in [-0.39, 0.29) is 12.6 Å². The molecule has 0 aromatic heterocycles. The first-order chi connectivity index (χ1) is 15.9. The summed E-state index contributed by atoms with van der Waals surface area (Å²) in [5.74, 6) is 1.00. The summed E-state index contributed by atoms with van der Waals surface area (Å²) in [5, 5.41) is 0. The standard InChI is InChI=1S/C23H45O8PS/c1-2-3-4-5-6-7-10-13-16-23(25)31-22(19-30-32(26,27)28)20-33-18-15-12-9-8-11-14-17-29-21-24/h21-22H,2-20H2,1H3,(H2,26,27,28)/t22-/m1/s1. The van der Waals surface area contributed by atoms with Crippen LogP contribution in [0, 0.1) is 0 Å². The number of phosphoric acid groups is 1. The van der Waals surface area contributed by atoms with Crippen LogP contribution in [0.5, 0.6) is 0 Å². The van der Waals surface area contributed by atoms with Crippen LogP contribution in [0.15, 0.2) is 0 Å². The van der Waals surface area contributed by atoms with Gasteiger partial charge in [0.25, 0.3) is 6.47 Å². The zero-order chi connectivity index (χ0) is 24.6. The van der Waals surface area contributed by atoms with Gasteiger partial charge in [0.15, 0.2) is 0 Å². The van der Waals surface area contributed by atoms with Gasteiger partial charge in [0.2, 0.25) is 0 Å². The molecular weight excluding hydrogens is 467 g/mol. The molecule has 10 heteroatoms. The molecule has 1 atom stereocenters. The molecular formula is C23H45O8PS. The van der Waals surface area contributed by atoms with Gasteiger partial charge in [-0.05, 0) is 25.0 Å². The molecule has 0 fully saturated rings. The quantitative estimate of drug-likeness (QED) is 0.0678. The zero-order valence-electron chi connectivity index (χ0n) is 20.3. The molecule has 0 radical (unpaired) electrons. The van der Waals surface area contributed by atoms with Crippen molar-refractivity contribution in [3.05, 3.63) is 0 Å². The second-order valence-electron chi connectivity index (χ2n) is 8.29. The van der Waals surface area contributed by atoms with Crippen molar-refractivity contribution in [3.63, 3.8) is 0 Å². The molecule has 0 bridgehead atoms. The van der Waals surface area contributed by atoms with E-state index in [4.69, 9.17) is 14.5 Å². The largest absolute Gasteiger partial charge is 0.469 e. The van der Waals surface area contributed by atoms with Crippen LogP contribution in [0.2, 0.25) is 0 Å². The topological polar surface area (TPSA) is 119 Å². The van der Waals surface area contributed by atoms with E-state index in [1.165, 1.54) is 32.1 Å². The van der Waals surface area contributed by atoms with Crippen LogP contribution in [0.4, 0.5) is 0 Å². The monoisotopic (exact) mass is 512 g/mol. The van der Waals surface area contributed by atoms with Gasteiger partial charge in [0, 0.05) is 12.2 Å². The van der Waals surface area contributed by atoms with Gasteiger partial charge in [-0.25, -0.2) is 4.57 Å². The Balaban J connectivity index is 3.96. The number of hydrogen-bond acceptors (Lipinski definition) is 7. The summed E-state index contributed by atoms with van der Waals surface area (Å²) in [5.41, 5.74) is 0. The van der Waals surface area contributed by atoms with Crippen molar-refractivity contribution < 1.29 is 37.9 Å². The molecule has 0 unspecified atom stereocenters. The summed E-state index contributed by atoms with van der Waals surface area (Å²) in [6, 6.07) is 0. The van der Waals surface area contributed by atoms with E-state index in [0.717, 1.165) is 63.5 Å². The molecule has 8 nitrogen and oxygen atoms in total. The maximum absolute atomic E-state index is 12.1. The third kappa shape index (κ3) is 25.9. The first kappa shape index (κ1) is 32.4. The lowest BCUT2D eigenvalue weighted by Crippen LogP contribution is -2.25. The smallest absolute Gasteiger partial charge is 0.468 e. The van der Waals surface area contributed by atoms with Crippen LogP contribution in [-0.4, -0.2) is 53.1 Å². The van der Waals surface area contributed by atoms with Crippen molar-refractivity contribution >= 4 is 32.0 Å². The van der Waals surface area contributed by atoms with Crippen LogP contribution in [0.3, 0.4) is 0 Å². The average Bonchev–Trinajstić information content (AvgIpc) is 2.76. The number of esters is 1. The highest BCUT2D eigenvalue weighted by Crippen LogP contribution is 2.36. The number of rotatable bonds is 25. The minimum Gasteiger partial charge on any atom is -0.468 e. The molecule has 0 aliphatic carbocycles. The van der Waals surface area contributed by atoms with Gasteiger partial charge >= 0.3 is 13.8 Å². The number of ether oxygens (including phenoxy) is 2. The molecule has 0 aliphatic heterocycles. The Morgan fingerprint density at radius 2 is 1.48 bits per heavy atom. The first-order valence-electron chi connectivity index (χ1n) is 12.4. The van der Waals surface area contributed by atoms with E-state index in [1.807, 2.05) is 0 Å². The van der Waals surface area contributed by atoms with Gasteiger partial charge in [0.05, 0.1) is 13.2 Å². The molecule has 0 saturated carbocycles. The van der Waals surface area contributed by atoms with Crippen molar-refractivity contribution in [2.45, 2.75) is 109 Å². The van der Waals surface area contributed by atoms with Gasteiger partial charge in [-0.15, -0.1) is 0 Å². The van der Waals surface area contributed by atoms with Crippen LogP contribution in [0.1, 0.15) is 103 Å². The van der Waals surface area contributed by atoms with E-state index < -0.39 is 13.9 Å². The van der Waals surface area contributed by atoms with E-state index in [1.54, 1.807) is 11.8 Å². The minimum atomic E-state index is -4.60. The number of carbonyl (C=O) groups is 2. The van der Waals surface area contributed by atoms with Crippen molar-refractivity contribution in [2.24, 2.45) is 0 Å². The second kappa shape index (κ2) is 23.2. The Bertz CT molecular complexity index is 515. The molecule has 0 heterocycles. The molecule has 0 aromatic rings. The lowest BCUT2D eigenvalue weighted by atomic mass is 10.1. The summed E-state index contributed by atoms with van der Waals surface area (Å²) in [6.07, 6.45) is 15.0. The minimum absolute atomic E-state index is 0.302. The summed E-state index contributed by atoms with van der Waals surface area (Å²) >= 11 is 1.60. The van der Waals surface area contributed by atoms with E-state index >= 15 is 0 Å². The highest BCUT2D eigenvalue weighted by Gasteiger charge is 2.21. The molecule has 0 aromatic carbocycles. The Kier molecular flexibility index (Phi) is 22.7. The van der Waals surface area contributed by atoms with Gasteiger partial charge in [-0.2, -0.15) is 11.8 Å². The number of thioether (sulfide) groups is 1. The van der Waals surface area contributed by atoms with Gasteiger partial charge in [0.1, 0.15) is 6.10 Å². The van der Waals surface area contributed by atoms with Crippen molar-refractivity contribution in [1.82, 2.24) is 0 Å². The van der Waals surface area contributed by atoms with Crippen molar-refractivity contribution in [2.75, 3.05) is 24.7 Å². The average molecular weight is 513 g/mol. The third-order valence-corrected chi connectivity index (χ3v) is 6.80. The zero-order valence-corrected chi connectivity index (χ0v) is 22.0. The first-order valence-corrected chi connectivity index (χ1v) is 15.1. The maximum Gasteiger partial charge on any atom is 0.469 e. The summed E-state index contributed by atoms with van der Waals surface area (Å²) in [6.45, 7) is 2.85. The molecule has 0 spiro atoms. The maximum atomic E-state index is 12.1. The number of carbonyl (C=O) groups excluding carboxylic acids is 2. The second-order valence-corrected chi connectivity index (χ2v) is 10.7. The van der Waals surface area contributed by atoms with Crippen LogP contribution in [0.25, 0.3) is 0 Å². The lowest BCUT2D eigenvalue weighted by Gasteiger charge is -2.18. The predicted octanol–water partition coefficient (Wildman–Crippen LogP) is 5.79. The normalized spacial score (nSPS) is 12.5. The fourth-order valence-electron chi connectivity index (χ4n) is 3.30. The summed E-state index contributed by atoms with van der Waals surface area (Å²) < 4.78 is 25.7. The Morgan fingerprint density at radius 3 is 2.09 bits per heavy atom. The third-order valence-electron chi connectivity index (χ3n) is 5.13. The Hall–Kier alpha value is -0.600. The van der Waals surface area contributed by atoms with Crippen LogP contribution in [-0.2, 0) is 28.2 Å². The Labute approximate surface area is 204 Å². The summed E-state index contributed by atoms with van der Waals surface area (Å²) in [7, 11) is -4.60. The van der Waals surface area contributed by atoms with E-state index in [9.17, 15) is 14.2 Å². The fourth-order valence-corrected chi connectivity index (χ4v) is 4.67. The highest BCUT2D eigenvalue weighted by atomic mass is 32.2. The van der Waals surface area contributed by atoms with Crippen molar-refractivity contribution in [1.29, 1.82) is 0 Å². The lowest BCUT2D eigenvalue weighted by molar-refractivity contribution is -0.149. The molecule has 0 amide bonds. The van der Waals surface area contributed by atoms with Crippen LogP contribution < -0.4 is 0 Å². The molecule has 33 heavy (non-hydrogen) atoms. The SMILES string of the molecule is CCCCCCCCCCC(=O)O[C@H](COP(=O)(O)O)CSCCCCCCCCOC=O. The number of unbranched alkanes of at least 4 members (excludes halogenated alkanes) is 12. The van der Waals surface area contributed by atoms with Gasteiger partial charge in [-0.3, -0.25) is 14.1 Å². The number of phosphoric ester groups is 1. The Morgan fingerprint density at radius 1 is 0.909 bits per heavy atom. The highest BCUT2D eigenvalue weighted by molar-refractivity contribution is 7.99. The predicted molar refractivity (Wildman–Crippen MR) is 132 cm³/mol. The van der Waals surface area contributed by atoms with Gasteiger partial charge in [-0.1, -0.05) is 77.6 Å². The summed E-state index contributed by atoms with van der Waals surface area (Å²) in [4.78, 5) is 40.1. The molecule has 2 N–H and O–H groups in total. The van der Waals surface area contributed by atoms with Gasteiger partial charge < -0.3 is 19.3 Å². The van der Waals surface area contributed by atoms with E-state index in [2.05, 4.69) is 16.2 Å². The fraction of sp³-hybridized carbons (Fsp3) is 0.913. The van der Waals surface area contributed by atoms with Crippen LogP contribution >= 0.6 is 19.6 Å². The molecule has 0 rings (SSSR count). The van der Waals surface area contributed by atoms with Crippen molar-refractivity contribution in [3.8, 4) is 0 Å². The molecule has 196 valence electrons. The molecule has 0 saturated heterocycles. The molecule has 0 aliphatic rings. The number of hydrogen-bond donors (Lipinski definition) is 2. The van der Waals surface area contributed by atoms with E-state index in [0.29, 0.717) is 25.3 Å².